The Morgan fingerprint density at radius 3 is 2.55 bits per heavy atom. The van der Waals surface area contributed by atoms with Crippen molar-refractivity contribution >= 4 is 27.7 Å². The maximum Gasteiger partial charge on any atom is 0.335 e. The third-order valence-electron chi connectivity index (χ3n) is 3.00. The van der Waals surface area contributed by atoms with Crippen molar-refractivity contribution in [1.82, 2.24) is 4.68 Å². The number of hydrogen-bond donors (Lipinski definition) is 2. The minimum absolute atomic E-state index is 0.0518. The first-order chi connectivity index (χ1) is 9.43. The molecule has 20 heavy (non-hydrogen) atoms. The van der Waals surface area contributed by atoms with Gasteiger partial charge in [-0.25, -0.2) is 4.79 Å². The fourth-order valence-corrected chi connectivity index (χ4v) is 2.51. The average Bonchev–Trinajstić information content (AvgIpc) is 2.78. The molecule has 2 aromatic rings. The summed E-state index contributed by atoms with van der Waals surface area (Å²) in [7, 11) is 0. The number of halogens is 1. The molecule has 0 unspecified atom stereocenters. The lowest BCUT2D eigenvalue weighted by Gasteiger charge is -2.07. The van der Waals surface area contributed by atoms with Crippen molar-refractivity contribution in [3.8, 4) is 0 Å². The number of aromatic nitrogens is 1. The first-order valence-corrected chi connectivity index (χ1v) is 6.77. The molecular formula is C14H13BrN2O3. The van der Waals surface area contributed by atoms with Gasteiger partial charge < -0.3 is 10.9 Å². The molecule has 0 atom stereocenters. The van der Waals surface area contributed by atoms with Gasteiger partial charge in [-0.2, -0.15) is 0 Å². The maximum atomic E-state index is 12.5. The lowest BCUT2D eigenvalue weighted by Crippen LogP contribution is -2.18. The number of hydrogen-bond acceptors (Lipinski definition) is 3. The van der Waals surface area contributed by atoms with Crippen LogP contribution in [0.15, 0.2) is 34.9 Å². The van der Waals surface area contributed by atoms with E-state index in [9.17, 15) is 9.59 Å². The van der Waals surface area contributed by atoms with Gasteiger partial charge >= 0.3 is 5.97 Å². The third-order valence-corrected chi connectivity index (χ3v) is 3.46. The van der Waals surface area contributed by atoms with Crippen molar-refractivity contribution in [2.24, 2.45) is 0 Å². The summed E-state index contributed by atoms with van der Waals surface area (Å²) in [6, 6.07) is 6.16. The Morgan fingerprint density at radius 2 is 1.95 bits per heavy atom. The lowest BCUT2D eigenvalue weighted by atomic mass is 10.0. The van der Waals surface area contributed by atoms with Gasteiger partial charge in [-0.05, 0) is 36.2 Å². The SMILES string of the molecule is CCc1ccn(N)c1C(=O)c1cc(Br)cc(C(=O)O)c1. The number of benzene rings is 1. The topological polar surface area (TPSA) is 85.3 Å². The molecule has 2 rings (SSSR count). The second-order valence-corrected chi connectivity index (χ2v) is 5.23. The number of carboxylic acids is 1. The van der Waals surface area contributed by atoms with E-state index in [4.69, 9.17) is 10.9 Å². The molecular weight excluding hydrogens is 324 g/mol. The molecule has 0 aliphatic rings. The second kappa shape index (κ2) is 5.50. The molecule has 0 bridgehead atoms. The number of aryl methyl sites for hydroxylation is 1. The quantitative estimate of drug-likeness (QED) is 0.663. The number of carbonyl (C=O) groups is 2. The Kier molecular flexibility index (Phi) is 3.94. The summed E-state index contributed by atoms with van der Waals surface area (Å²) in [5.74, 6) is 4.38. The van der Waals surface area contributed by atoms with E-state index in [1.54, 1.807) is 18.3 Å². The molecule has 104 valence electrons. The van der Waals surface area contributed by atoms with Crippen LogP contribution in [-0.2, 0) is 6.42 Å². The Hall–Kier alpha value is -2.08. The Morgan fingerprint density at radius 1 is 1.30 bits per heavy atom. The summed E-state index contributed by atoms with van der Waals surface area (Å²) >= 11 is 3.21. The highest BCUT2D eigenvalue weighted by Crippen LogP contribution is 2.21. The number of carboxylic acid groups (broad SMARTS) is 1. The second-order valence-electron chi connectivity index (χ2n) is 4.31. The summed E-state index contributed by atoms with van der Waals surface area (Å²) in [5, 5.41) is 9.04. The van der Waals surface area contributed by atoms with Crippen LogP contribution >= 0.6 is 15.9 Å². The van der Waals surface area contributed by atoms with E-state index in [2.05, 4.69) is 15.9 Å². The Labute approximate surface area is 124 Å². The maximum absolute atomic E-state index is 12.5. The highest BCUT2D eigenvalue weighted by molar-refractivity contribution is 9.10. The highest BCUT2D eigenvalue weighted by atomic mass is 79.9. The summed E-state index contributed by atoms with van der Waals surface area (Å²) in [4.78, 5) is 23.6. The molecule has 0 saturated heterocycles. The molecule has 0 radical (unpaired) electrons. The molecule has 0 amide bonds. The van der Waals surface area contributed by atoms with Gasteiger partial charge in [0.15, 0.2) is 0 Å². The zero-order valence-corrected chi connectivity index (χ0v) is 12.3. The summed E-state index contributed by atoms with van der Waals surface area (Å²) in [6.07, 6.45) is 2.28. The van der Waals surface area contributed by atoms with Crippen LogP contribution in [0.4, 0.5) is 0 Å². The molecule has 1 aromatic heterocycles. The molecule has 0 aliphatic carbocycles. The summed E-state index contributed by atoms with van der Waals surface area (Å²) < 4.78 is 1.80. The number of nitrogens with two attached hydrogens (primary N) is 1. The van der Waals surface area contributed by atoms with E-state index < -0.39 is 5.97 Å². The van der Waals surface area contributed by atoms with Crippen molar-refractivity contribution in [3.63, 3.8) is 0 Å². The Bertz CT molecular complexity index is 692. The Balaban J connectivity index is 2.53. The van der Waals surface area contributed by atoms with Crippen molar-refractivity contribution in [3.05, 3.63) is 57.3 Å². The monoisotopic (exact) mass is 336 g/mol. The zero-order chi connectivity index (χ0) is 14.9. The fourth-order valence-electron chi connectivity index (χ4n) is 2.02. The van der Waals surface area contributed by atoms with Crippen molar-refractivity contribution in [1.29, 1.82) is 0 Å². The van der Waals surface area contributed by atoms with Gasteiger partial charge in [-0.3, -0.25) is 9.47 Å². The van der Waals surface area contributed by atoms with Crippen LogP contribution in [0.2, 0.25) is 0 Å². The molecule has 5 nitrogen and oxygen atoms in total. The van der Waals surface area contributed by atoms with Gasteiger partial charge in [0.25, 0.3) is 0 Å². The number of ketones is 1. The van der Waals surface area contributed by atoms with Crippen LogP contribution in [0.1, 0.15) is 38.9 Å². The predicted molar refractivity (Wildman–Crippen MR) is 78.5 cm³/mol. The van der Waals surface area contributed by atoms with Crippen LogP contribution in [-0.4, -0.2) is 21.5 Å². The largest absolute Gasteiger partial charge is 0.478 e. The van der Waals surface area contributed by atoms with Crippen molar-refractivity contribution < 1.29 is 14.7 Å². The standard InChI is InChI=1S/C14H13BrN2O3/c1-2-8-3-4-17(16)12(8)13(18)9-5-10(14(19)20)7-11(15)6-9/h3-7H,2,16H2,1H3,(H,19,20). The van der Waals surface area contributed by atoms with Gasteiger partial charge in [0, 0.05) is 16.2 Å². The predicted octanol–water partition coefficient (Wildman–Crippen LogP) is 2.46. The highest BCUT2D eigenvalue weighted by Gasteiger charge is 2.19. The molecule has 0 spiro atoms. The first kappa shape index (κ1) is 14.3. The van der Waals surface area contributed by atoms with Crippen LogP contribution in [0.3, 0.4) is 0 Å². The van der Waals surface area contributed by atoms with E-state index in [1.807, 2.05) is 6.92 Å². The van der Waals surface area contributed by atoms with Crippen molar-refractivity contribution in [2.75, 3.05) is 5.84 Å². The van der Waals surface area contributed by atoms with E-state index >= 15 is 0 Å². The first-order valence-electron chi connectivity index (χ1n) is 5.98. The smallest absolute Gasteiger partial charge is 0.335 e. The lowest BCUT2D eigenvalue weighted by molar-refractivity contribution is 0.0697. The number of rotatable bonds is 4. The van der Waals surface area contributed by atoms with Gasteiger partial charge in [-0.15, -0.1) is 0 Å². The van der Waals surface area contributed by atoms with Crippen LogP contribution in [0, 0.1) is 0 Å². The van der Waals surface area contributed by atoms with E-state index in [1.165, 1.54) is 16.8 Å². The van der Waals surface area contributed by atoms with Gasteiger partial charge in [-0.1, -0.05) is 22.9 Å². The normalized spacial score (nSPS) is 10.5. The van der Waals surface area contributed by atoms with Gasteiger partial charge in [0.05, 0.1) is 5.56 Å². The molecule has 6 heteroatoms. The van der Waals surface area contributed by atoms with Gasteiger partial charge in [0.2, 0.25) is 5.78 Å². The number of aromatic carboxylic acids is 1. The van der Waals surface area contributed by atoms with Gasteiger partial charge in [0.1, 0.15) is 5.69 Å². The van der Waals surface area contributed by atoms with Crippen LogP contribution < -0.4 is 5.84 Å². The molecule has 0 aliphatic heterocycles. The van der Waals surface area contributed by atoms with E-state index in [0.717, 1.165) is 5.56 Å². The summed E-state index contributed by atoms with van der Waals surface area (Å²) in [5.41, 5.74) is 1.55. The molecule has 0 fully saturated rings. The molecule has 1 heterocycles. The average molecular weight is 337 g/mol. The third kappa shape index (κ3) is 2.60. The zero-order valence-electron chi connectivity index (χ0n) is 10.8. The molecule has 0 saturated carbocycles. The van der Waals surface area contributed by atoms with Crippen molar-refractivity contribution in [2.45, 2.75) is 13.3 Å². The van der Waals surface area contributed by atoms with E-state index in [0.29, 0.717) is 16.6 Å². The molecule has 3 N–H and O–H groups in total. The van der Waals surface area contributed by atoms with Crippen LogP contribution in [0.25, 0.3) is 0 Å². The van der Waals surface area contributed by atoms with Crippen LogP contribution in [0.5, 0.6) is 0 Å². The molecule has 1 aromatic carbocycles. The number of carbonyl (C=O) groups excluding carboxylic acids is 1. The van der Waals surface area contributed by atoms with E-state index in [-0.39, 0.29) is 16.9 Å². The number of nitrogens with zero attached hydrogens (tertiary/aromatic N) is 1. The summed E-state index contributed by atoms with van der Waals surface area (Å²) in [6.45, 7) is 1.93. The minimum Gasteiger partial charge on any atom is -0.478 e. The minimum atomic E-state index is -1.08. The number of nitrogen functional groups attached to an aromatic ring is 1. The fraction of sp³-hybridized carbons (Fsp3) is 0.143.